The maximum atomic E-state index is 8.99. The summed E-state index contributed by atoms with van der Waals surface area (Å²) in [6.45, 7) is -0.0199. The summed E-state index contributed by atoms with van der Waals surface area (Å²) in [4.78, 5) is 1.22. The number of benzene rings is 1. The standard InChI is InChI=1S/C12H13NOS/c13-11(8-14)9-3-1-4-10(7-9)12-5-2-6-15-12/h1-7,11,14H,8,13H2/t11-/m1/s1. The van der Waals surface area contributed by atoms with Crippen molar-refractivity contribution in [1.82, 2.24) is 0 Å². The molecule has 0 aliphatic carbocycles. The van der Waals surface area contributed by atoms with Gasteiger partial charge >= 0.3 is 0 Å². The largest absolute Gasteiger partial charge is 0.394 e. The molecule has 78 valence electrons. The minimum absolute atomic E-state index is 0.0199. The molecule has 0 spiro atoms. The quantitative estimate of drug-likeness (QED) is 0.832. The maximum Gasteiger partial charge on any atom is 0.0624 e. The van der Waals surface area contributed by atoms with E-state index in [9.17, 15) is 0 Å². The second kappa shape index (κ2) is 4.57. The number of nitrogens with two attached hydrogens (primary N) is 1. The molecule has 2 rings (SSSR count). The van der Waals surface area contributed by atoms with Crippen LogP contribution in [0, 0.1) is 0 Å². The van der Waals surface area contributed by atoms with E-state index in [1.807, 2.05) is 29.6 Å². The van der Waals surface area contributed by atoms with Crippen LogP contribution >= 0.6 is 11.3 Å². The van der Waals surface area contributed by atoms with Crippen LogP contribution in [0.15, 0.2) is 41.8 Å². The first-order valence-corrected chi connectivity index (χ1v) is 5.69. The Morgan fingerprint density at radius 3 is 2.80 bits per heavy atom. The first-order chi connectivity index (χ1) is 7.31. The Bertz CT molecular complexity index is 425. The van der Waals surface area contributed by atoms with Crippen molar-refractivity contribution in [2.24, 2.45) is 5.73 Å². The van der Waals surface area contributed by atoms with Crippen molar-refractivity contribution in [2.75, 3.05) is 6.61 Å². The van der Waals surface area contributed by atoms with E-state index >= 15 is 0 Å². The van der Waals surface area contributed by atoms with E-state index in [0.717, 1.165) is 11.1 Å². The van der Waals surface area contributed by atoms with Crippen LogP contribution in [0.5, 0.6) is 0 Å². The van der Waals surface area contributed by atoms with Gasteiger partial charge in [-0.3, -0.25) is 0 Å². The molecule has 3 heteroatoms. The number of thiophene rings is 1. The minimum Gasteiger partial charge on any atom is -0.394 e. The van der Waals surface area contributed by atoms with Crippen LogP contribution in [0.25, 0.3) is 10.4 Å². The highest BCUT2D eigenvalue weighted by Crippen LogP contribution is 2.26. The molecule has 0 saturated heterocycles. The predicted molar refractivity (Wildman–Crippen MR) is 63.8 cm³/mol. The number of aliphatic hydroxyl groups is 1. The first-order valence-electron chi connectivity index (χ1n) is 4.81. The number of aliphatic hydroxyl groups excluding tert-OH is 1. The van der Waals surface area contributed by atoms with Gasteiger partial charge in [0.2, 0.25) is 0 Å². The van der Waals surface area contributed by atoms with Crippen molar-refractivity contribution in [1.29, 1.82) is 0 Å². The normalized spacial score (nSPS) is 12.7. The van der Waals surface area contributed by atoms with Crippen LogP contribution in [-0.4, -0.2) is 11.7 Å². The molecule has 0 bridgehead atoms. The third-order valence-corrected chi connectivity index (χ3v) is 3.24. The van der Waals surface area contributed by atoms with Gasteiger partial charge in [-0.15, -0.1) is 11.3 Å². The molecule has 15 heavy (non-hydrogen) atoms. The summed E-state index contributed by atoms with van der Waals surface area (Å²) >= 11 is 1.70. The van der Waals surface area contributed by atoms with Crippen molar-refractivity contribution >= 4 is 11.3 Å². The lowest BCUT2D eigenvalue weighted by molar-refractivity contribution is 0.268. The van der Waals surface area contributed by atoms with Gasteiger partial charge in [-0.1, -0.05) is 24.3 Å². The lowest BCUT2D eigenvalue weighted by Gasteiger charge is -2.09. The molecule has 1 aromatic carbocycles. The highest BCUT2D eigenvalue weighted by atomic mass is 32.1. The van der Waals surface area contributed by atoms with Gasteiger partial charge in [0.25, 0.3) is 0 Å². The summed E-state index contributed by atoms with van der Waals surface area (Å²) in [6.07, 6.45) is 0. The fourth-order valence-corrected chi connectivity index (χ4v) is 2.19. The van der Waals surface area contributed by atoms with E-state index in [2.05, 4.69) is 12.1 Å². The Kier molecular flexibility index (Phi) is 3.16. The summed E-state index contributed by atoms with van der Waals surface area (Å²) in [7, 11) is 0. The second-order valence-electron chi connectivity index (χ2n) is 3.39. The number of hydrogen-bond acceptors (Lipinski definition) is 3. The Balaban J connectivity index is 2.35. The maximum absolute atomic E-state index is 8.99. The van der Waals surface area contributed by atoms with Crippen LogP contribution in [0.1, 0.15) is 11.6 Å². The van der Waals surface area contributed by atoms with E-state index in [1.165, 1.54) is 4.88 Å². The van der Waals surface area contributed by atoms with E-state index in [4.69, 9.17) is 10.8 Å². The van der Waals surface area contributed by atoms with Crippen molar-refractivity contribution in [3.05, 3.63) is 47.3 Å². The molecule has 0 aliphatic rings. The Hall–Kier alpha value is -1.16. The summed E-state index contributed by atoms with van der Waals surface area (Å²) in [6, 6.07) is 11.8. The van der Waals surface area contributed by atoms with Crippen molar-refractivity contribution in [3.8, 4) is 10.4 Å². The molecule has 1 atom stereocenters. The van der Waals surface area contributed by atoms with Crippen molar-refractivity contribution < 1.29 is 5.11 Å². The van der Waals surface area contributed by atoms with Gasteiger partial charge < -0.3 is 10.8 Å². The zero-order chi connectivity index (χ0) is 10.7. The number of hydrogen-bond donors (Lipinski definition) is 2. The topological polar surface area (TPSA) is 46.2 Å². The fourth-order valence-electron chi connectivity index (χ4n) is 1.47. The van der Waals surface area contributed by atoms with Crippen LogP contribution < -0.4 is 5.73 Å². The molecule has 0 aliphatic heterocycles. The molecule has 2 aromatic rings. The molecule has 0 fully saturated rings. The lowest BCUT2D eigenvalue weighted by atomic mass is 10.0. The molecule has 0 unspecified atom stereocenters. The van der Waals surface area contributed by atoms with E-state index < -0.39 is 0 Å². The van der Waals surface area contributed by atoms with Gasteiger partial charge in [-0.2, -0.15) is 0 Å². The van der Waals surface area contributed by atoms with Crippen LogP contribution in [0.3, 0.4) is 0 Å². The van der Waals surface area contributed by atoms with Crippen molar-refractivity contribution in [3.63, 3.8) is 0 Å². The van der Waals surface area contributed by atoms with E-state index in [0.29, 0.717) is 0 Å². The molecule has 0 radical (unpaired) electrons. The SMILES string of the molecule is N[C@H](CO)c1cccc(-c2cccs2)c1. The summed E-state index contributed by atoms with van der Waals surface area (Å²) in [5.41, 5.74) is 7.90. The van der Waals surface area contributed by atoms with Crippen LogP contribution in [0.2, 0.25) is 0 Å². The average molecular weight is 219 g/mol. The summed E-state index contributed by atoms with van der Waals surface area (Å²) < 4.78 is 0. The molecule has 2 nitrogen and oxygen atoms in total. The van der Waals surface area contributed by atoms with E-state index in [1.54, 1.807) is 11.3 Å². The molecule has 1 heterocycles. The smallest absolute Gasteiger partial charge is 0.0624 e. The zero-order valence-corrected chi connectivity index (χ0v) is 9.08. The van der Waals surface area contributed by atoms with Gasteiger partial charge in [-0.25, -0.2) is 0 Å². The first kappa shape index (κ1) is 10.4. The molecule has 3 N–H and O–H groups in total. The molecular weight excluding hydrogens is 206 g/mol. The minimum atomic E-state index is -0.287. The Labute approximate surface area is 93.0 Å². The van der Waals surface area contributed by atoms with Crippen LogP contribution in [-0.2, 0) is 0 Å². The third kappa shape index (κ3) is 2.26. The zero-order valence-electron chi connectivity index (χ0n) is 8.26. The molecule has 1 aromatic heterocycles. The average Bonchev–Trinajstić information content (AvgIpc) is 2.82. The van der Waals surface area contributed by atoms with Gasteiger partial charge in [0, 0.05) is 4.88 Å². The Morgan fingerprint density at radius 1 is 1.27 bits per heavy atom. The van der Waals surface area contributed by atoms with Gasteiger partial charge in [0.15, 0.2) is 0 Å². The van der Waals surface area contributed by atoms with Crippen molar-refractivity contribution in [2.45, 2.75) is 6.04 Å². The third-order valence-electron chi connectivity index (χ3n) is 2.32. The lowest BCUT2D eigenvalue weighted by Crippen LogP contribution is -2.14. The molecule has 0 amide bonds. The highest BCUT2D eigenvalue weighted by Gasteiger charge is 2.05. The van der Waals surface area contributed by atoms with Gasteiger partial charge in [0.1, 0.15) is 0 Å². The molecule has 0 saturated carbocycles. The summed E-state index contributed by atoms with van der Waals surface area (Å²) in [5.74, 6) is 0. The van der Waals surface area contributed by atoms with Gasteiger partial charge in [-0.05, 0) is 28.6 Å². The van der Waals surface area contributed by atoms with Crippen LogP contribution in [0.4, 0.5) is 0 Å². The monoisotopic (exact) mass is 219 g/mol. The van der Waals surface area contributed by atoms with Gasteiger partial charge in [0.05, 0.1) is 12.6 Å². The summed E-state index contributed by atoms with van der Waals surface area (Å²) in [5, 5.41) is 11.0. The predicted octanol–water partition coefficient (Wildman–Crippen LogP) is 2.41. The second-order valence-corrected chi connectivity index (χ2v) is 4.34. The number of rotatable bonds is 3. The highest BCUT2D eigenvalue weighted by molar-refractivity contribution is 7.13. The van der Waals surface area contributed by atoms with E-state index in [-0.39, 0.29) is 12.6 Å². The molecular formula is C12H13NOS. The Morgan fingerprint density at radius 2 is 2.13 bits per heavy atom. The fraction of sp³-hybridized carbons (Fsp3) is 0.167.